The van der Waals surface area contributed by atoms with Crippen LogP contribution in [0, 0.1) is 6.92 Å². The second-order valence-electron chi connectivity index (χ2n) is 8.43. The van der Waals surface area contributed by atoms with Gasteiger partial charge in [0.15, 0.2) is 5.49 Å². The zero-order valence-corrected chi connectivity index (χ0v) is 20.5. The van der Waals surface area contributed by atoms with E-state index >= 15 is 0 Å². The number of aromatic nitrogens is 3. The molecule has 10 radical (unpaired) electrons. The number of nitrogen functional groups attached to an aromatic ring is 1. The van der Waals surface area contributed by atoms with Gasteiger partial charge in [-0.05, 0) is 30.2 Å². The molecular weight excluding hydrogens is 491 g/mol. The van der Waals surface area contributed by atoms with Crippen LogP contribution in [0.1, 0.15) is 17.8 Å². The van der Waals surface area contributed by atoms with E-state index in [9.17, 15) is 23.1 Å². The van der Waals surface area contributed by atoms with E-state index in [-0.39, 0.29) is 61.3 Å². The Morgan fingerprint density at radius 3 is 2.16 bits per heavy atom. The molecule has 8 nitrogen and oxygen atoms in total. The highest BCUT2D eigenvalue weighted by Gasteiger charge is 2.27. The van der Waals surface area contributed by atoms with Crippen molar-refractivity contribution >= 4 is 78.9 Å². The van der Waals surface area contributed by atoms with Gasteiger partial charge in [-0.15, -0.1) is 16.4 Å². The van der Waals surface area contributed by atoms with E-state index in [0.29, 0.717) is 17.7 Å². The maximum absolute atomic E-state index is 12.9. The second-order valence-corrected chi connectivity index (χ2v) is 8.43. The number of carbonyl (C=O) groups excluding carboxylic acids is 1. The molecular formula is C22H18B5F3N6O2. The summed E-state index contributed by atoms with van der Waals surface area (Å²) in [6.45, 7) is 0.668. The molecule has 3 aromatic rings. The smallest absolute Gasteiger partial charge is 0.390 e. The van der Waals surface area contributed by atoms with Crippen molar-refractivity contribution in [3.05, 3.63) is 29.0 Å². The third-order valence-electron chi connectivity index (χ3n) is 5.64. The summed E-state index contributed by atoms with van der Waals surface area (Å²) in [6.07, 6.45) is -5.33. The first-order valence-electron chi connectivity index (χ1n) is 11.0. The van der Waals surface area contributed by atoms with Crippen molar-refractivity contribution < 1.29 is 23.1 Å². The summed E-state index contributed by atoms with van der Waals surface area (Å²) in [6, 6.07) is 3.06. The van der Waals surface area contributed by atoms with Crippen LogP contribution >= 0.6 is 0 Å². The van der Waals surface area contributed by atoms with Crippen molar-refractivity contribution in [1.29, 1.82) is 0 Å². The fourth-order valence-electron chi connectivity index (χ4n) is 3.78. The van der Waals surface area contributed by atoms with E-state index in [0.717, 1.165) is 9.58 Å². The van der Waals surface area contributed by atoms with Gasteiger partial charge in [0, 0.05) is 19.3 Å². The average molecular weight is 509 g/mol. The lowest BCUT2D eigenvalue weighted by Gasteiger charge is -2.24. The largest absolute Gasteiger partial charge is 0.390 e. The molecule has 16 heteroatoms. The molecule has 0 aliphatic heterocycles. The number of aliphatic hydroxyl groups excluding tert-OH is 1. The Morgan fingerprint density at radius 1 is 1.05 bits per heavy atom. The maximum Gasteiger partial charge on any atom is 0.390 e. The summed E-state index contributed by atoms with van der Waals surface area (Å²) < 4.78 is 39.4. The number of alkyl halides is 3. The SMILES string of the molecule is [B]c1c([B])c([B])c(-c2nc(N)n(C=O)/c(=N\N(C)CCC(F)(F)F)c2-c2cc(C)nc(CO)c2)c([B])c1[B]. The van der Waals surface area contributed by atoms with E-state index in [2.05, 4.69) is 15.1 Å². The van der Waals surface area contributed by atoms with Crippen LogP contribution in [0.3, 0.4) is 0 Å². The van der Waals surface area contributed by atoms with E-state index in [1.54, 1.807) is 13.0 Å². The van der Waals surface area contributed by atoms with Crippen LogP contribution in [-0.4, -0.2) is 90.1 Å². The minimum atomic E-state index is -4.45. The summed E-state index contributed by atoms with van der Waals surface area (Å²) in [5.74, 6) is -0.386. The Kier molecular flexibility index (Phi) is 8.55. The summed E-state index contributed by atoms with van der Waals surface area (Å²) in [4.78, 5) is 20.6. The lowest BCUT2D eigenvalue weighted by molar-refractivity contribution is -0.137. The first-order chi connectivity index (χ1) is 17.7. The molecule has 0 aliphatic rings. The quantitative estimate of drug-likeness (QED) is 0.196. The Labute approximate surface area is 223 Å². The standard InChI is InChI=1S/C22H18B5F3N6O2/c1-9-5-10(6-11(7-37)32-9)12-19(13-14(23)16(25)18(27)17(26)15(13)24)33-21(31)36(8-38)20(12)34-35(2)4-3-22(28,29)30/h5-6,8,37H,3-4,7H2,1-2H3,(H2,31,33)/b34-20-. The molecule has 184 valence electrons. The number of nitrogens with two attached hydrogens (primary N) is 1. The van der Waals surface area contributed by atoms with Crippen LogP contribution in [0.4, 0.5) is 19.1 Å². The molecule has 0 spiro atoms. The van der Waals surface area contributed by atoms with Crippen molar-refractivity contribution in [1.82, 2.24) is 19.5 Å². The lowest BCUT2D eigenvalue weighted by atomic mass is 9.60. The fourth-order valence-corrected chi connectivity index (χ4v) is 3.78. The number of nitrogens with zero attached hydrogens (tertiary/aromatic N) is 5. The van der Waals surface area contributed by atoms with Crippen molar-refractivity contribution in [3.8, 4) is 22.4 Å². The summed E-state index contributed by atoms with van der Waals surface area (Å²) in [7, 11) is 31.9. The van der Waals surface area contributed by atoms with E-state index in [4.69, 9.17) is 45.0 Å². The molecule has 3 rings (SSSR count). The van der Waals surface area contributed by atoms with Crippen LogP contribution in [0.5, 0.6) is 0 Å². The minimum Gasteiger partial charge on any atom is -0.390 e. The number of carbonyl (C=O) groups is 1. The van der Waals surface area contributed by atoms with Gasteiger partial charge in [0.05, 0.1) is 30.0 Å². The molecule has 3 N–H and O–H groups in total. The summed E-state index contributed by atoms with van der Waals surface area (Å²) >= 11 is 0. The zero-order valence-electron chi connectivity index (χ0n) is 20.5. The monoisotopic (exact) mass is 510 g/mol. The number of aliphatic hydroxyl groups is 1. The normalized spacial score (nSPS) is 12.1. The Bertz CT molecular complexity index is 1450. The van der Waals surface area contributed by atoms with Crippen molar-refractivity contribution in [2.45, 2.75) is 26.1 Å². The van der Waals surface area contributed by atoms with Gasteiger partial charge in [0.2, 0.25) is 12.4 Å². The molecule has 0 bridgehead atoms. The predicted octanol–water partition coefficient (Wildman–Crippen LogP) is -3.30. The van der Waals surface area contributed by atoms with Crippen LogP contribution in [0.2, 0.25) is 0 Å². The number of pyridine rings is 1. The Balaban J connectivity index is 2.55. The Morgan fingerprint density at radius 2 is 1.63 bits per heavy atom. The molecule has 0 atom stereocenters. The van der Waals surface area contributed by atoms with Gasteiger partial charge in [-0.2, -0.15) is 18.3 Å². The van der Waals surface area contributed by atoms with Gasteiger partial charge in [0.1, 0.15) is 39.2 Å². The molecule has 1 aromatic carbocycles. The highest BCUT2D eigenvalue weighted by atomic mass is 19.4. The zero-order chi connectivity index (χ0) is 28.5. The second kappa shape index (κ2) is 11.1. The van der Waals surface area contributed by atoms with Gasteiger partial charge in [-0.3, -0.25) is 14.8 Å². The molecule has 2 heterocycles. The summed E-state index contributed by atoms with van der Waals surface area (Å²) in [5, 5.41) is 15.0. The molecule has 0 amide bonds. The third kappa shape index (κ3) is 5.85. The predicted molar refractivity (Wildman–Crippen MR) is 144 cm³/mol. The molecule has 0 unspecified atom stereocenters. The van der Waals surface area contributed by atoms with Crippen LogP contribution in [0.25, 0.3) is 22.4 Å². The maximum atomic E-state index is 12.9. The van der Waals surface area contributed by atoms with Crippen molar-refractivity contribution in [2.24, 2.45) is 5.10 Å². The number of hydrogen-bond acceptors (Lipinski definition) is 7. The highest BCUT2D eigenvalue weighted by molar-refractivity contribution is 6.68. The number of hydrogen-bond donors (Lipinski definition) is 2. The van der Waals surface area contributed by atoms with Gasteiger partial charge >= 0.3 is 6.18 Å². The van der Waals surface area contributed by atoms with Crippen molar-refractivity contribution in [3.63, 3.8) is 0 Å². The van der Waals surface area contributed by atoms with Crippen LogP contribution in [-0.2, 0) is 11.4 Å². The fraction of sp³-hybridized carbons (Fsp3) is 0.273. The number of rotatable bonds is 7. The first-order valence-corrected chi connectivity index (χ1v) is 11.0. The molecule has 38 heavy (non-hydrogen) atoms. The average Bonchev–Trinajstić information content (AvgIpc) is 2.84. The lowest BCUT2D eigenvalue weighted by Crippen LogP contribution is -2.55. The van der Waals surface area contributed by atoms with Crippen molar-refractivity contribution in [2.75, 3.05) is 19.3 Å². The van der Waals surface area contributed by atoms with Gasteiger partial charge in [0.25, 0.3) is 0 Å². The van der Waals surface area contributed by atoms with Gasteiger partial charge in [-0.25, -0.2) is 9.55 Å². The highest BCUT2D eigenvalue weighted by Crippen LogP contribution is 2.28. The molecule has 0 fully saturated rings. The van der Waals surface area contributed by atoms with E-state index in [1.807, 2.05) is 0 Å². The van der Waals surface area contributed by atoms with Gasteiger partial charge in [-0.1, -0.05) is 10.9 Å². The summed E-state index contributed by atoms with van der Waals surface area (Å²) in [5.41, 5.74) is 6.50. The first kappa shape index (κ1) is 29.2. The van der Waals surface area contributed by atoms with Crippen LogP contribution < -0.4 is 38.5 Å². The number of anilines is 1. The van der Waals surface area contributed by atoms with E-state index in [1.165, 1.54) is 13.1 Å². The minimum absolute atomic E-state index is 0.0170. The molecule has 2 aromatic heterocycles. The number of benzene rings is 1. The van der Waals surface area contributed by atoms with E-state index < -0.39 is 25.7 Å². The molecule has 0 saturated heterocycles. The number of aryl methyl sites for hydroxylation is 1. The number of halogens is 3. The third-order valence-corrected chi connectivity index (χ3v) is 5.64. The van der Waals surface area contributed by atoms with Crippen LogP contribution in [0.15, 0.2) is 17.2 Å². The molecule has 0 saturated carbocycles. The topological polar surface area (TPSA) is 110 Å². The Hall–Kier alpha value is -3.41. The molecule has 0 aliphatic carbocycles. The van der Waals surface area contributed by atoms with Gasteiger partial charge < -0.3 is 10.8 Å².